The third-order valence-electron chi connectivity index (χ3n) is 2.78. The van der Waals surface area contributed by atoms with Gasteiger partial charge in [-0.15, -0.1) is 0 Å². The van der Waals surface area contributed by atoms with Gasteiger partial charge in [0.2, 0.25) is 5.91 Å². The molecule has 0 spiro atoms. The summed E-state index contributed by atoms with van der Waals surface area (Å²) in [6.45, 7) is 2.71. The standard InChI is InChI=1S/C14H20F2N2O2/c1-10(2)18-14(13(17)19,9-20-8-12(15)16)11-6-4-3-5-7-11/h3-7,10,12,18H,8-9H2,1-2H3,(H2,17,19). The molecule has 1 amide bonds. The maximum absolute atomic E-state index is 12.2. The number of ether oxygens (including phenoxy) is 1. The summed E-state index contributed by atoms with van der Waals surface area (Å²) in [5.41, 5.74) is 4.78. The molecule has 1 atom stereocenters. The summed E-state index contributed by atoms with van der Waals surface area (Å²) in [4.78, 5) is 11.9. The summed E-state index contributed by atoms with van der Waals surface area (Å²) in [6.07, 6.45) is -2.59. The van der Waals surface area contributed by atoms with E-state index in [2.05, 4.69) is 5.32 Å². The number of amides is 1. The second-order valence-corrected chi connectivity index (χ2v) is 4.84. The molecule has 0 bridgehead atoms. The molecule has 3 N–H and O–H groups in total. The van der Waals surface area contributed by atoms with E-state index in [4.69, 9.17) is 10.5 Å². The summed E-state index contributed by atoms with van der Waals surface area (Å²) in [6, 6.07) is 8.66. The lowest BCUT2D eigenvalue weighted by molar-refractivity contribution is -0.129. The van der Waals surface area contributed by atoms with Crippen molar-refractivity contribution in [3.63, 3.8) is 0 Å². The number of alkyl halides is 2. The van der Waals surface area contributed by atoms with E-state index in [1.54, 1.807) is 30.3 Å². The van der Waals surface area contributed by atoms with Crippen LogP contribution >= 0.6 is 0 Å². The van der Waals surface area contributed by atoms with Crippen LogP contribution in [0.4, 0.5) is 8.78 Å². The van der Waals surface area contributed by atoms with Crippen LogP contribution in [0, 0.1) is 0 Å². The van der Waals surface area contributed by atoms with Crippen molar-refractivity contribution in [1.82, 2.24) is 5.32 Å². The van der Waals surface area contributed by atoms with Crippen LogP contribution in [0.3, 0.4) is 0 Å². The van der Waals surface area contributed by atoms with Crippen molar-refractivity contribution in [2.24, 2.45) is 5.73 Å². The molecule has 0 aliphatic heterocycles. The van der Waals surface area contributed by atoms with Gasteiger partial charge in [-0.25, -0.2) is 8.78 Å². The number of carbonyl (C=O) groups is 1. The Morgan fingerprint density at radius 2 is 1.95 bits per heavy atom. The number of carbonyl (C=O) groups excluding carboxylic acids is 1. The first kappa shape index (κ1) is 16.5. The van der Waals surface area contributed by atoms with E-state index in [0.29, 0.717) is 5.56 Å². The van der Waals surface area contributed by atoms with Gasteiger partial charge in [0.25, 0.3) is 6.43 Å². The Bertz CT molecular complexity index is 426. The zero-order valence-electron chi connectivity index (χ0n) is 11.6. The molecule has 0 saturated carbocycles. The number of hydrogen-bond acceptors (Lipinski definition) is 3. The van der Waals surface area contributed by atoms with Crippen LogP contribution in [0.1, 0.15) is 19.4 Å². The van der Waals surface area contributed by atoms with Gasteiger partial charge in [-0.1, -0.05) is 30.3 Å². The molecule has 0 saturated heterocycles. The van der Waals surface area contributed by atoms with Gasteiger partial charge in [0.05, 0.1) is 6.61 Å². The van der Waals surface area contributed by atoms with Gasteiger partial charge in [0.15, 0.2) is 0 Å². The van der Waals surface area contributed by atoms with Gasteiger partial charge in [-0.3, -0.25) is 10.1 Å². The van der Waals surface area contributed by atoms with Crippen molar-refractivity contribution < 1.29 is 18.3 Å². The molecule has 0 heterocycles. The van der Waals surface area contributed by atoms with Crippen LogP contribution in [-0.2, 0) is 15.1 Å². The molecule has 0 aliphatic rings. The highest BCUT2D eigenvalue weighted by Gasteiger charge is 2.39. The van der Waals surface area contributed by atoms with Crippen molar-refractivity contribution in [3.05, 3.63) is 35.9 Å². The molecule has 0 aliphatic carbocycles. The van der Waals surface area contributed by atoms with Gasteiger partial charge in [-0.05, 0) is 19.4 Å². The van der Waals surface area contributed by atoms with Crippen LogP contribution in [0.2, 0.25) is 0 Å². The van der Waals surface area contributed by atoms with E-state index in [-0.39, 0.29) is 12.6 Å². The number of halogens is 2. The zero-order valence-corrected chi connectivity index (χ0v) is 11.6. The molecule has 1 rings (SSSR count). The highest BCUT2D eigenvalue weighted by atomic mass is 19.3. The largest absolute Gasteiger partial charge is 0.373 e. The Morgan fingerprint density at radius 3 is 2.40 bits per heavy atom. The second-order valence-electron chi connectivity index (χ2n) is 4.84. The average Bonchev–Trinajstić information content (AvgIpc) is 2.37. The van der Waals surface area contributed by atoms with E-state index in [1.165, 1.54) is 0 Å². The highest BCUT2D eigenvalue weighted by Crippen LogP contribution is 2.22. The van der Waals surface area contributed by atoms with Crippen molar-refractivity contribution >= 4 is 5.91 Å². The Kier molecular flexibility index (Phi) is 6.04. The molecule has 4 nitrogen and oxygen atoms in total. The number of rotatable bonds is 8. The number of benzene rings is 1. The van der Waals surface area contributed by atoms with Gasteiger partial charge < -0.3 is 10.5 Å². The molecule has 0 aromatic heterocycles. The highest BCUT2D eigenvalue weighted by molar-refractivity contribution is 5.86. The minimum absolute atomic E-state index is 0.0714. The molecule has 1 aromatic rings. The fraction of sp³-hybridized carbons (Fsp3) is 0.500. The molecule has 20 heavy (non-hydrogen) atoms. The third kappa shape index (κ3) is 4.25. The fourth-order valence-electron chi connectivity index (χ4n) is 2.01. The molecule has 1 aromatic carbocycles. The summed E-state index contributed by atoms with van der Waals surface area (Å²) < 4.78 is 29.4. The van der Waals surface area contributed by atoms with E-state index in [1.807, 2.05) is 13.8 Å². The van der Waals surface area contributed by atoms with Crippen LogP contribution in [-0.4, -0.2) is 31.6 Å². The number of nitrogens with one attached hydrogen (secondary N) is 1. The number of hydrogen-bond donors (Lipinski definition) is 2. The Balaban J connectivity index is 3.05. The predicted molar refractivity (Wildman–Crippen MR) is 72.4 cm³/mol. The summed E-state index contributed by atoms with van der Waals surface area (Å²) in [5.74, 6) is -0.660. The Labute approximate surface area is 117 Å². The van der Waals surface area contributed by atoms with Gasteiger partial charge >= 0.3 is 0 Å². The SMILES string of the molecule is CC(C)NC(COCC(F)F)(C(N)=O)c1ccccc1. The topological polar surface area (TPSA) is 64.3 Å². The average molecular weight is 286 g/mol. The van der Waals surface area contributed by atoms with Crippen molar-refractivity contribution in [1.29, 1.82) is 0 Å². The number of nitrogens with two attached hydrogens (primary N) is 1. The minimum Gasteiger partial charge on any atom is -0.373 e. The van der Waals surface area contributed by atoms with Crippen molar-refractivity contribution in [3.8, 4) is 0 Å². The summed E-state index contributed by atoms with van der Waals surface area (Å²) >= 11 is 0. The first-order valence-electron chi connectivity index (χ1n) is 6.37. The van der Waals surface area contributed by atoms with E-state index in [9.17, 15) is 13.6 Å². The lowest BCUT2D eigenvalue weighted by atomic mass is 9.89. The molecule has 0 radical (unpaired) electrons. The van der Waals surface area contributed by atoms with Crippen LogP contribution in [0.5, 0.6) is 0 Å². The normalized spacial score (nSPS) is 14.5. The molecular weight excluding hydrogens is 266 g/mol. The van der Waals surface area contributed by atoms with Crippen molar-refractivity contribution in [2.45, 2.75) is 31.9 Å². The first-order valence-corrected chi connectivity index (χ1v) is 6.37. The summed E-state index contributed by atoms with van der Waals surface area (Å²) in [5, 5.41) is 3.04. The molecule has 6 heteroatoms. The predicted octanol–water partition coefficient (Wildman–Crippen LogP) is 1.65. The van der Waals surface area contributed by atoms with Crippen LogP contribution < -0.4 is 11.1 Å². The molecule has 1 unspecified atom stereocenters. The Morgan fingerprint density at radius 1 is 1.35 bits per heavy atom. The van der Waals surface area contributed by atoms with E-state index >= 15 is 0 Å². The lowest BCUT2D eigenvalue weighted by Gasteiger charge is -2.34. The minimum atomic E-state index is -2.59. The van der Waals surface area contributed by atoms with E-state index < -0.39 is 24.5 Å². The molecular formula is C14H20F2N2O2. The second kappa shape index (κ2) is 7.31. The van der Waals surface area contributed by atoms with Crippen LogP contribution in [0.15, 0.2) is 30.3 Å². The fourth-order valence-corrected chi connectivity index (χ4v) is 2.01. The van der Waals surface area contributed by atoms with Crippen LogP contribution in [0.25, 0.3) is 0 Å². The number of primary amides is 1. The molecule has 0 fully saturated rings. The monoisotopic (exact) mass is 286 g/mol. The van der Waals surface area contributed by atoms with Gasteiger partial charge in [0, 0.05) is 6.04 Å². The first-order chi connectivity index (χ1) is 9.38. The Hall–Kier alpha value is -1.53. The lowest BCUT2D eigenvalue weighted by Crippen LogP contribution is -2.58. The molecule has 112 valence electrons. The smallest absolute Gasteiger partial charge is 0.261 e. The quantitative estimate of drug-likeness (QED) is 0.763. The maximum Gasteiger partial charge on any atom is 0.261 e. The zero-order chi connectivity index (χ0) is 15.2. The van der Waals surface area contributed by atoms with E-state index in [0.717, 1.165) is 0 Å². The van der Waals surface area contributed by atoms with Gasteiger partial charge in [0.1, 0.15) is 12.1 Å². The summed E-state index contributed by atoms with van der Waals surface area (Å²) in [7, 11) is 0. The van der Waals surface area contributed by atoms with Crippen molar-refractivity contribution in [2.75, 3.05) is 13.2 Å². The maximum atomic E-state index is 12.2. The van der Waals surface area contributed by atoms with Gasteiger partial charge in [-0.2, -0.15) is 0 Å². The third-order valence-corrected chi connectivity index (χ3v) is 2.78.